The standard InChI is InChI=1S/C24H32ClN3O5S/c1-5-6-13-26-24(30)18(2)27(16-19-9-7-10-20(25)14-19)23(29)17-28(34(4,31)32)21-11-8-12-22(15-21)33-3/h7-12,14-15,18H,5-6,13,16-17H2,1-4H3,(H,26,30)/t18-/m1/s1. The zero-order chi connectivity index (χ0) is 25.3. The number of carbonyl (C=O) groups is 2. The topological polar surface area (TPSA) is 96.0 Å². The van der Waals surface area contributed by atoms with Gasteiger partial charge in [-0.15, -0.1) is 0 Å². The fourth-order valence-electron chi connectivity index (χ4n) is 3.33. The van der Waals surface area contributed by atoms with E-state index < -0.39 is 28.5 Å². The number of anilines is 1. The van der Waals surface area contributed by atoms with E-state index in [2.05, 4.69) is 5.32 Å². The molecule has 0 aromatic heterocycles. The van der Waals surface area contributed by atoms with Crippen LogP contribution in [-0.2, 0) is 26.2 Å². The van der Waals surface area contributed by atoms with Crippen LogP contribution in [0, 0.1) is 0 Å². The second kappa shape index (κ2) is 12.6. The molecule has 8 nitrogen and oxygen atoms in total. The van der Waals surface area contributed by atoms with Crippen molar-refractivity contribution in [2.75, 3.05) is 30.8 Å². The highest BCUT2D eigenvalue weighted by atomic mass is 35.5. The average Bonchev–Trinajstić information content (AvgIpc) is 2.79. The number of unbranched alkanes of at least 4 members (excludes halogenated alkanes) is 1. The van der Waals surface area contributed by atoms with Crippen molar-refractivity contribution in [3.63, 3.8) is 0 Å². The lowest BCUT2D eigenvalue weighted by molar-refractivity contribution is -0.139. The van der Waals surface area contributed by atoms with Gasteiger partial charge in [-0.2, -0.15) is 0 Å². The van der Waals surface area contributed by atoms with E-state index in [-0.39, 0.29) is 18.1 Å². The van der Waals surface area contributed by atoms with Crippen LogP contribution in [0.1, 0.15) is 32.3 Å². The summed E-state index contributed by atoms with van der Waals surface area (Å²) in [5.41, 5.74) is 1.01. The number of nitrogens with zero attached hydrogens (tertiary/aromatic N) is 2. The summed E-state index contributed by atoms with van der Waals surface area (Å²) >= 11 is 6.11. The van der Waals surface area contributed by atoms with E-state index in [4.69, 9.17) is 16.3 Å². The number of halogens is 1. The van der Waals surface area contributed by atoms with Crippen LogP contribution in [-0.4, -0.2) is 57.6 Å². The predicted molar refractivity (Wildman–Crippen MR) is 135 cm³/mol. The molecule has 0 fully saturated rings. The molecular formula is C24H32ClN3O5S. The largest absolute Gasteiger partial charge is 0.497 e. The van der Waals surface area contributed by atoms with Crippen molar-refractivity contribution < 1.29 is 22.7 Å². The first kappa shape index (κ1) is 27.5. The van der Waals surface area contributed by atoms with Gasteiger partial charge in [0.15, 0.2) is 0 Å². The summed E-state index contributed by atoms with van der Waals surface area (Å²) < 4.78 is 31.4. The number of hydrogen-bond donors (Lipinski definition) is 1. The minimum atomic E-state index is -3.81. The third kappa shape index (κ3) is 7.92. The quantitative estimate of drug-likeness (QED) is 0.442. The van der Waals surface area contributed by atoms with Crippen molar-refractivity contribution in [2.45, 2.75) is 39.3 Å². The first-order valence-corrected chi connectivity index (χ1v) is 13.2. The number of amides is 2. The van der Waals surface area contributed by atoms with E-state index in [1.165, 1.54) is 18.1 Å². The molecule has 0 aliphatic carbocycles. The highest BCUT2D eigenvalue weighted by Crippen LogP contribution is 2.24. The van der Waals surface area contributed by atoms with Crippen LogP contribution >= 0.6 is 11.6 Å². The smallest absolute Gasteiger partial charge is 0.244 e. The van der Waals surface area contributed by atoms with Gasteiger partial charge in [0, 0.05) is 24.2 Å². The lowest BCUT2D eigenvalue weighted by Crippen LogP contribution is -2.51. The van der Waals surface area contributed by atoms with Gasteiger partial charge in [0.05, 0.1) is 19.1 Å². The Bertz CT molecular complexity index is 1090. The Labute approximate surface area is 206 Å². The Morgan fingerprint density at radius 1 is 1.15 bits per heavy atom. The minimum absolute atomic E-state index is 0.0947. The number of methoxy groups -OCH3 is 1. The minimum Gasteiger partial charge on any atom is -0.497 e. The number of benzene rings is 2. The normalized spacial score (nSPS) is 12.0. The molecule has 0 spiro atoms. The van der Waals surface area contributed by atoms with Gasteiger partial charge in [-0.1, -0.05) is 43.1 Å². The van der Waals surface area contributed by atoms with Gasteiger partial charge < -0.3 is 15.0 Å². The van der Waals surface area contributed by atoms with Crippen LogP contribution in [0.25, 0.3) is 0 Å². The van der Waals surface area contributed by atoms with Gasteiger partial charge in [0.1, 0.15) is 18.3 Å². The predicted octanol–water partition coefficient (Wildman–Crippen LogP) is 3.45. The van der Waals surface area contributed by atoms with Gasteiger partial charge in [-0.05, 0) is 43.2 Å². The maximum absolute atomic E-state index is 13.5. The van der Waals surface area contributed by atoms with Crippen molar-refractivity contribution in [3.8, 4) is 5.75 Å². The van der Waals surface area contributed by atoms with E-state index in [0.717, 1.165) is 29.0 Å². The van der Waals surface area contributed by atoms with E-state index >= 15 is 0 Å². The van der Waals surface area contributed by atoms with Gasteiger partial charge in [-0.25, -0.2) is 8.42 Å². The Morgan fingerprint density at radius 2 is 1.85 bits per heavy atom. The number of rotatable bonds is 12. The number of sulfonamides is 1. The molecule has 2 rings (SSSR count). The molecule has 1 atom stereocenters. The molecule has 0 aliphatic heterocycles. The summed E-state index contributed by atoms with van der Waals surface area (Å²) in [5, 5.41) is 3.34. The molecule has 0 unspecified atom stereocenters. The fraction of sp³-hybridized carbons (Fsp3) is 0.417. The van der Waals surface area contributed by atoms with Crippen molar-refractivity contribution in [2.24, 2.45) is 0 Å². The lowest BCUT2D eigenvalue weighted by Gasteiger charge is -2.31. The van der Waals surface area contributed by atoms with Crippen LogP contribution in [0.15, 0.2) is 48.5 Å². The molecule has 2 amide bonds. The van der Waals surface area contributed by atoms with Crippen molar-refractivity contribution in [3.05, 3.63) is 59.1 Å². The first-order chi connectivity index (χ1) is 16.1. The summed E-state index contributed by atoms with van der Waals surface area (Å²) in [7, 11) is -2.33. The highest BCUT2D eigenvalue weighted by Gasteiger charge is 2.30. The second-order valence-electron chi connectivity index (χ2n) is 7.94. The number of nitrogens with one attached hydrogen (secondary N) is 1. The maximum Gasteiger partial charge on any atom is 0.244 e. The van der Waals surface area contributed by atoms with Crippen LogP contribution in [0.5, 0.6) is 5.75 Å². The molecular weight excluding hydrogens is 478 g/mol. The van der Waals surface area contributed by atoms with Crippen LogP contribution in [0.4, 0.5) is 5.69 Å². The van der Waals surface area contributed by atoms with Gasteiger partial charge in [0.2, 0.25) is 21.8 Å². The fourth-order valence-corrected chi connectivity index (χ4v) is 4.38. The Hall–Kier alpha value is -2.78. The van der Waals surface area contributed by atoms with Crippen molar-refractivity contribution in [1.82, 2.24) is 10.2 Å². The third-order valence-corrected chi connectivity index (χ3v) is 6.63. The van der Waals surface area contributed by atoms with E-state index in [0.29, 0.717) is 17.3 Å². The monoisotopic (exact) mass is 509 g/mol. The van der Waals surface area contributed by atoms with Crippen LogP contribution in [0.2, 0.25) is 5.02 Å². The van der Waals surface area contributed by atoms with Crippen molar-refractivity contribution >= 4 is 39.1 Å². The highest BCUT2D eigenvalue weighted by molar-refractivity contribution is 7.92. The molecule has 1 N–H and O–H groups in total. The molecule has 0 saturated heterocycles. The molecule has 2 aromatic carbocycles. The summed E-state index contributed by atoms with van der Waals surface area (Å²) in [4.78, 5) is 27.6. The van der Waals surface area contributed by atoms with Gasteiger partial charge in [0.25, 0.3) is 0 Å². The number of ether oxygens (including phenoxy) is 1. The zero-order valence-corrected chi connectivity index (χ0v) is 21.5. The van der Waals surface area contributed by atoms with Gasteiger partial charge in [-0.3, -0.25) is 13.9 Å². The van der Waals surface area contributed by atoms with Crippen LogP contribution < -0.4 is 14.4 Å². The lowest BCUT2D eigenvalue weighted by atomic mass is 10.1. The Balaban J connectivity index is 2.36. The molecule has 0 heterocycles. The van der Waals surface area contributed by atoms with Crippen molar-refractivity contribution in [1.29, 1.82) is 0 Å². The average molecular weight is 510 g/mol. The molecule has 34 heavy (non-hydrogen) atoms. The molecule has 0 saturated carbocycles. The summed E-state index contributed by atoms with van der Waals surface area (Å²) in [6.45, 7) is 3.76. The molecule has 2 aromatic rings. The molecule has 0 aliphatic rings. The Morgan fingerprint density at radius 3 is 2.47 bits per heavy atom. The molecule has 0 bridgehead atoms. The van der Waals surface area contributed by atoms with E-state index in [9.17, 15) is 18.0 Å². The van der Waals surface area contributed by atoms with Crippen LogP contribution in [0.3, 0.4) is 0 Å². The zero-order valence-electron chi connectivity index (χ0n) is 20.0. The molecule has 0 radical (unpaired) electrons. The number of hydrogen-bond acceptors (Lipinski definition) is 5. The van der Waals surface area contributed by atoms with E-state index in [1.807, 2.05) is 6.92 Å². The molecule has 186 valence electrons. The van der Waals surface area contributed by atoms with E-state index in [1.54, 1.807) is 49.4 Å². The van der Waals surface area contributed by atoms with Gasteiger partial charge >= 0.3 is 0 Å². The first-order valence-electron chi connectivity index (χ1n) is 11.0. The summed E-state index contributed by atoms with van der Waals surface area (Å²) in [6, 6.07) is 12.6. The SMILES string of the molecule is CCCCNC(=O)[C@@H](C)N(Cc1cccc(Cl)c1)C(=O)CN(c1cccc(OC)c1)S(C)(=O)=O. The third-order valence-electron chi connectivity index (χ3n) is 5.26. The summed E-state index contributed by atoms with van der Waals surface area (Å²) in [5.74, 6) is -0.375. The molecule has 10 heteroatoms. The second-order valence-corrected chi connectivity index (χ2v) is 10.3. The summed E-state index contributed by atoms with van der Waals surface area (Å²) in [6.07, 6.45) is 2.77. The maximum atomic E-state index is 13.5. The number of carbonyl (C=O) groups excluding carboxylic acids is 2. The Kier molecular flexibility index (Phi) is 10.2.